The van der Waals surface area contributed by atoms with E-state index in [0.717, 1.165) is 4.88 Å². The van der Waals surface area contributed by atoms with E-state index in [4.69, 9.17) is 9.47 Å². The minimum Gasteiger partial charge on any atom is -0.493 e. The number of nitro groups is 1. The van der Waals surface area contributed by atoms with Gasteiger partial charge in [0, 0.05) is 17.5 Å². The van der Waals surface area contributed by atoms with Crippen LogP contribution in [0.2, 0.25) is 0 Å². The van der Waals surface area contributed by atoms with Gasteiger partial charge in [-0.1, -0.05) is 6.07 Å². The lowest BCUT2D eigenvalue weighted by Gasteiger charge is -2.23. The summed E-state index contributed by atoms with van der Waals surface area (Å²) in [6.45, 7) is 2.44. The van der Waals surface area contributed by atoms with Crippen molar-refractivity contribution in [3.63, 3.8) is 0 Å². The zero-order chi connectivity index (χ0) is 20.0. The second-order valence-electron chi connectivity index (χ2n) is 5.92. The fourth-order valence-electron chi connectivity index (χ4n) is 2.61. The first kappa shape index (κ1) is 20.7. The number of benzene rings is 1. The van der Waals surface area contributed by atoms with Gasteiger partial charge in [0.2, 0.25) is 0 Å². The smallest absolute Gasteiger partial charge is 0.286 e. The van der Waals surface area contributed by atoms with Crippen molar-refractivity contribution in [2.24, 2.45) is 0 Å². The normalized spacial score (nSPS) is 11.9. The van der Waals surface area contributed by atoms with E-state index in [9.17, 15) is 14.9 Å². The summed E-state index contributed by atoms with van der Waals surface area (Å²) in [6, 6.07) is 6.47. The van der Waals surface area contributed by atoms with Gasteiger partial charge in [-0.2, -0.15) is 0 Å². The molecule has 27 heavy (non-hydrogen) atoms. The number of carbonyl (C=O) groups excluding carboxylic acids is 1. The van der Waals surface area contributed by atoms with Crippen LogP contribution in [0.1, 0.15) is 28.2 Å². The fraction of sp³-hybridized carbons (Fsp3) is 0.389. The van der Waals surface area contributed by atoms with Gasteiger partial charge in [-0.05, 0) is 32.5 Å². The number of nitrogens with zero attached hydrogens (tertiary/aromatic N) is 2. The number of carbonyl (C=O) groups is 1. The highest BCUT2D eigenvalue weighted by atomic mass is 32.1. The van der Waals surface area contributed by atoms with E-state index in [1.807, 2.05) is 36.5 Å². The van der Waals surface area contributed by atoms with Gasteiger partial charge in [-0.15, -0.1) is 11.3 Å². The molecule has 2 aromatic rings. The number of nitro benzene ring substituents is 1. The number of thiophene rings is 1. The summed E-state index contributed by atoms with van der Waals surface area (Å²) in [5.74, 6) is -0.0308. The third-order valence-corrected chi connectivity index (χ3v) is 4.95. The zero-order valence-corrected chi connectivity index (χ0v) is 16.5. The average Bonchev–Trinajstić information content (AvgIpc) is 3.15. The topological polar surface area (TPSA) is 93.9 Å². The number of methoxy groups -OCH3 is 1. The number of nitrogens with one attached hydrogen (secondary N) is 1. The van der Waals surface area contributed by atoms with Crippen molar-refractivity contribution in [3.05, 3.63) is 50.2 Å². The SMILES string of the molecule is CCOc1cc(C(=O)NCC(c2cccs2)N(C)C)c([N+](=O)[O-])cc1OC. The maximum absolute atomic E-state index is 12.7. The first-order valence-corrected chi connectivity index (χ1v) is 9.24. The molecule has 0 saturated carbocycles. The van der Waals surface area contributed by atoms with Crippen molar-refractivity contribution in [1.29, 1.82) is 0 Å². The van der Waals surface area contributed by atoms with E-state index >= 15 is 0 Å². The Morgan fingerprint density at radius 3 is 2.63 bits per heavy atom. The Labute approximate surface area is 161 Å². The summed E-state index contributed by atoms with van der Waals surface area (Å²) in [4.78, 5) is 26.6. The lowest BCUT2D eigenvalue weighted by atomic mass is 10.1. The lowest BCUT2D eigenvalue weighted by molar-refractivity contribution is -0.385. The van der Waals surface area contributed by atoms with Crippen molar-refractivity contribution < 1.29 is 19.2 Å². The Balaban J connectivity index is 2.28. The molecule has 8 nitrogen and oxygen atoms in total. The van der Waals surface area contributed by atoms with E-state index in [0.29, 0.717) is 13.2 Å². The van der Waals surface area contributed by atoms with Gasteiger partial charge in [0.05, 0.1) is 30.7 Å². The largest absolute Gasteiger partial charge is 0.493 e. The molecule has 0 radical (unpaired) electrons. The molecule has 0 aliphatic rings. The Kier molecular flexibility index (Phi) is 7.14. The molecule has 0 bridgehead atoms. The number of amides is 1. The minimum absolute atomic E-state index is 0.0300. The summed E-state index contributed by atoms with van der Waals surface area (Å²) < 4.78 is 10.6. The first-order chi connectivity index (χ1) is 12.9. The third-order valence-electron chi connectivity index (χ3n) is 3.97. The van der Waals surface area contributed by atoms with E-state index < -0.39 is 10.8 Å². The highest BCUT2D eigenvalue weighted by Crippen LogP contribution is 2.35. The van der Waals surface area contributed by atoms with Crippen LogP contribution < -0.4 is 14.8 Å². The van der Waals surface area contributed by atoms with Crippen molar-refractivity contribution >= 4 is 22.9 Å². The number of ether oxygens (including phenoxy) is 2. The second-order valence-corrected chi connectivity index (χ2v) is 6.89. The molecule has 1 heterocycles. The van der Waals surface area contributed by atoms with Gasteiger partial charge in [-0.3, -0.25) is 14.9 Å². The Hall–Kier alpha value is -2.65. The highest BCUT2D eigenvalue weighted by Gasteiger charge is 2.26. The maximum Gasteiger partial charge on any atom is 0.286 e. The van der Waals surface area contributed by atoms with Crippen LogP contribution in [0, 0.1) is 10.1 Å². The van der Waals surface area contributed by atoms with Crippen LogP contribution in [-0.2, 0) is 0 Å². The number of likely N-dealkylation sites (N-methyl/N-ethyl adjacent to an activating group) is 1. The number of rotatable bonds is 9. The standard InChI is InChI=1S/C18H23N3O5S/c1-5-26-16-9-12(13(21(23)24)10-15(16)25-4)18(22)19-11-14(20(2)3)17-7-6-8-27-17/h6-10,14H,5,11H2,1-4H3,(H,19,22). The summed E-state index contributed by atoms with van der Waals surface area (Å²) in [6.07, 6.45) is 0. The molecule has 9 heteroatoms. The number of hydrogen-bond donors (Lipinski definition) is 1. The van der Waals surface area contributed by atoms with E-state index in [2.05, 4.69) is 5.32 Å². The monoisotopic (exact) mass is 393 g/mol. The molecule has 2 rings (SSSR count). The van der Waals surface area contributed by atoms with Gasteiger partial charge < -0.3 is 19.7 Å². The first-order valence-electron chi connectivity index (χ1n) is 8.36. The van der Waals surface area contributed by atoms with Gasteiger partial charge in [-0.25, -0.2) is 0 Å². The Morgan fingerprint density at radius 1 is 1.37 bits per heavy atom. The predicted octanol–water partition coefficient (Wildman–Crippen LogP) is 3.10. The molecule has 1 unspecified atom stereocenters. The van der Waals surface area contributed by atoms with Crippen LogP contribution in [-0.4, -0.2) is 50.1 Å². The molecule has 0 fully saturated rings. The van der Waals surface area contributed by atoms with Crippen molar-refractivity contribution in [2.45, 2.75) is 13.0 Å². The van der Waals surface area contributed by atoms with Crippen LogP contribution in [0.15, 0.2) is 29.6 Å². The van der Waals surface area contributed by atoms with Crippen LogP contribution >= 0.6 is 11.3 Å². The summed E-state index contributed by atoms with van der Waals surface area (Å²) >= 11 is 1.59. The quantitative estimate of drug-likeness (QED) is 0.520. The van der Waals surface area contributed by atoms with E-state index in [1.54, 1.807) is 18.3 Å². The second kappa shape index (κ2) is 9.33. The van der Waals surface area contributed by atoms with Crippen molar-refractivity contribution in [2.75, 3.05) is 34.4 Å². The van der Waals surface area contributed by atoms with Crippen LogP contribution in [0.3, 0.4) is 0 Å². The Bertz CT molecular complexity index is 793. The molecular formula is C18H23N3O5S. The average molecular weight is 393 g/mol. The fourth-order valence-corrected chi connectivity index (χ4v) is 3.54. The van der Waals surface area contributed by atoms with E-state index in [-0.39, 0.29) is 28.8 Å². The molecule has 0 aliphatic heterocycles. The lowest BCUT2D eigenvalue weighted by Crippen LogP contribution is -2.34. The molecule has 1 aromatic carbocycles. The molecule has 1 aromatic heterocycles. The molecule has 0 aliphatic carbocycles. The van der Waals surface area contributed by atoms with Crippen molar-refractivity contribution in [1.82, 2.24) is 10.2 Å². The predicted molar refractivity (Wildman–Crippen MR) is 104 cm³/mol. The van der Waals surface area contributed by atoms with Gasteiger partial charge in [0.1, 0.15) is 5.56 Å². The summed E-state index contributed by atoms with van der Waals surface area (Å²) in [7, 11) is 5.23. The van der Waals surface area contributed by atoms with Gasteiger partial charge in [0.25, 0.3) is 11.6 Å². The van der Waals surface area contributed by atoms with Gasteiger partial charge in [0.15, 0.2) is 11.5 Å². The molecule has 146 valence electrons. The highest BCUT2D eigenvalue weighted by molar-refractivity contribution is 7.10. The number of hydrogen-bond acceptors (Lipinski definition) is 7. The maximum atomic E-state index is 12.7. The summed E-state index contributed by atoms with van der Waals surface area (Å²) in [5.41, 5.74) is -0.390. The van der Waals surface area contributed by atoms with Crippen LogP contribution in [0.25, 0.3) is 0 Å². The molecule has 1 N–H and O–H groups in total. The van der Waals surface area contributed by atoms with E-state index in [1.165, 1.54) is 19.2 Å². The van der Waals surface area contributed by atoms with Gasteiger partial charge >= 0.3 is 0 Å². The Morgan fingerprint density at radius 2 is 2.11 bits per heavy atom. The minimum atomic E-state index is -0.601. The summed E-state index contributed by atoms with van der Waals surface area (Å²) in [5, 5.41) is 16.2. The van der Waals surface area contributed by atoms with Crippen LogP contribution in [0.5, 0.6) is 11.5 Å². The molecule has 0 saturated heterocycles. The molecule has 1 atom stereocenters. The van der Waals surface area contributed by atoms with Crippen LogP contribution in [0.4, 0.5) is 5.69 Å². The molecular weight excluding hydrogens is 370 g/mol. The molecule has 1 amide bonds. The third kappa shape index (κ3) is 4.95. The van der Waals surface area contributed by atoms with Crippen molar-refractivity contribution in [3.8, 4) is 11.5 Å². The molecule has 0 spiro atoms. The zero-order valence-electron chi connectivity index (χ0n) is 15.7.